The van der Waals surface area contributed by atoms with Gasteiger partial charge in [0.1, 0.15) is 16.5 Å². The molecule has 0 aromatic heterocycles. The Morgan fingerprint density at radius 2 is 1.85 bits per heavy atom. The second-order valence-electron chi connectivity index (χ2n) is 4.47. The number of rotatable bonds is 3. The summed E-state index contributed by atoms with van der Waals surface area (Å²) in [5.74, 6) is -2.29. The number of hydrogen-bond donors (Lipinski definition) is 1. The van der Waals surface area contributed by atoms with Gasteiger partial charge in [-0.1, -0.05) is 12.1 Å². The van der Waals surface area contributed by atoms with E-state index < -0.39 is 26.4 Å². The van der Waals surface area contributed by atoms with Gasteiger partial charge in [-0.25, -0.2) is 17.2 Å². The molecular weight excluding hydrogens is 284 g/mol. The molecule has 2 aromatic rings. The van der Waals surface area contributed by atoms with Gasteiger partial charge in [-0.2, -0.15) is 0 Å². The van der Waals surface area contributed by atoms with Gasteiger partial charge in [0.2, 0.25) is 0 Å². The molecule has 0 aliphatic carbocycles. The van der Waals surface area contributed by atoms with E-state index in [0.29, 0.717) is 22.9 Å². The van der Waals surface area contributed by atoms with Gasteiger partial charge in [-0.3, -0.25) is 0 Å². The first-order valence-electron chi connectivity index (χ1n) is 5.83. The molecule has 2 rings (SSSR count). The lowest BCUT2D eigenvalue weighted by atomic mass is 10.1. The van der Waals surface area contributed by atoms with Crippen LogP contribution in [0.1, 0.15) is 11.1 Å². The predicted octanol–water partition coefficient (Wildman–Crippen LogP) is 2.83. The van der Waals surface area contributed by atoms with Crippen molar-refractivity contribution in [1.29, 1.82) is 0 Å². The summed E-state index contributed by atoms with van der Waals surface area (Å²) in [6.45, 7) is 1.70. The molecule has 6 heteroatoms. The summed E-state index contributed by atoms with van der Waals surface area (Å²) in [7, 11) is -3.90. The van der Waals surface area contributed by atoms with Gasteiger partial charge in [0.25, 0.3) is 0 Å². The standard InChI is InChI=1S/C14H13F2NO2S/c1-9-10(3-2-4-13(9)17)8-20(18,19)14-6-5-11(15)7-12(14)16/h2-7H,8,17H2,1H3. The molecule has 20 heavy (non-hydrogen) atoms. The van der Waals surface area contributed by atoms with Crippen LogP contribution < -0.4 is 5.73 Å². The highest BCUT2D eigenvalue weighted by Gasteiger charge is 2.21. The van der Waals surface area contributed by atoms with E-state index in [1.807, 2.05) is 0 Å². The van der Waals surface area contributed by atoms with E-state index in [1.54, 1.807) is 25.1 Å². The van der Waals surface area contributed by atoms with E-state index in [1.165, 1.54) is 0 Å². The third-order valence-electron chi connectivity index (χ3n) is 3.06. The Balaban J connectivity index is 2.44. The Morgan fingerprint density at radius 3 is 2.50 bits per heavy atom. The number of anilines is 1. The van der Waals surface area contributed by atoms with Crippen molar-refractivity contribution < 1.29 is 17.2 Å². The summed E-state index contributed by atoms with van der Waals surface area (Å²) < 4.78 is 50.8. The van der Waals surface area contributed by atoms with Crippen LogP contribution in [0.4, 0.5) is 14.5 Å². The average molecular weight is 297 g/mol. The Hall–Kier alpha value is -1.95. The van der Waals surface area contributed by atoms with Crippen molar-refractivity contribution in [3.05, 3.63) is 59.2 Å². The van der Waals surface area contributed by atoms with Crippen LogP contribution in [0.5, 0.6) is 0 Å². The van der Waals surface area contributed by atoms with E-state index in [9.17, 15) is 17.2 Å². The number of benzene rings is 2. The monoisotopic (exact) mass is 297 g/mol. The van der Waals surface area contributed by atoms with Gasteiger partial charge < -0.3 is 5.73 Å². The first-order chi connectivity index (χ1) is 9.31. The third kappa shape index (κ3) is 2.80. The highest BCUT2D eigenvalue weighted by atomic mass is 32.2. The van der Waals surface area contributed by atoms with Crippen LogP contribution in [0.25, 0.3) is 0 Å². The average Bonchev–Trinajstić information content (AvgIpc) is 2.34. The van der Waals surface area contributed by atoms with Crippen molar-refractivity contribution in [2.75, 3.05) is 5.73 Å². The Kier molecular flexibility index (Phi) is 3.76. The zero-order valence-corrected chi connectivity index (χ0v) is 11.5. The highest BCUT2D eigenvalue weighted by molar-refractivity contribution is 7.90. The molecule has 106 valence electrons. The van der Waals surface area contributed by atoms with Gasteiger partial charge in [-0.15, -0.1) is 0 Å². The first-order valence-corrected chi connectivity index (χ1v) is 7.48. The largest absolute Gasteiger partial charge is 0.399 e. The van der Waals surface area contributed by atoms with Crippen molar-refractivity contribution in [3.63, 3.8) is 0 Å². The Labute approximate surface area is 116 Å². The lowest BCUT2D eigenvalue weighted by Crippen LogP contribution is -2.09. The summed E-state index contributed by atoms with van der Waals surface area (Å²) in [6.07, 6.45) is 0. The molecule has 3 nitrogen and oxygen atoms in total. The fourth-order valence-corrected chi connectivity index (χ4v) is 3.38. The zero-order chi connectivity index (χ0) is 14.9. The number of sulfone groups is 1. The second kappa shape index (κ2) is 5.20. The zero-order valence-electron chi connectivity index (χ0n) is 10.7. The SMILES string of the molecule is Cc1c(N)cccc1CS(=O)(=O)c1ccc(F)cc1F. The normalized spacial score (nSPS) is 11.6. The summed E-state index contributed by atoms with van der Waals surface area (Å²) in [4.78, 5) is -0.513. The topological polar surface area (TPSA) is 60.2 Å². The number of halogens is 2. The molecule has 2 aromatic carbocycles. The van der Waals surface area contributed by atoms with Gasteiger partial charge in [0.05, 0.1) is 5.75 Å². The van der Waals surface area contributed by atoms with E-state index in [0.717, 1.165) is 12.1 Å². The fourth-order valence-electron chi connectivity index (χ4n) is 1.87. The molecule has 0 heterocycles. The molecule has 0 atom stereocenters. The molecule has 0 saturated heterocycles. The second-order valence-corrected chi connectivity index (χ2v) is 6.42. The Bertz CT molecular complexity index is 758. The van der Waals surface area contributed by atoms with Gasteiger partial charge in [0, 0.05) is 11.8 Å². The summed E-state index contributed by atoms with van der Waals surface area (Å²) in [5, 5.41) is 0. The number of nitrogens with two attached hydrogens (primary N) is 1. The lowest BCUT2D eigenvalue weighted by molar-refractivity contribution is 0.549. The fraction of sp³-hybridized carbons (Fsp3) is 0.143. The van der Waals surface area contributed by atoms with Crippen molar-refractivity contribution in [2.45, 2.75) is 17.6 Å². The van der Waals surface area contributed by atoms with E-state index in [-0.39, 0.29) is 5.75 Å². The van der Waals surface area contributed by atoms with Crippen LogP contribution in [0.2, 0.25) is 0 Å². The van der Waals surface area contributed by atoms with Crippen LogP contribution in [0.15, 0.2) is 41.3 Å². The smallest absolute Gasteiger partial charge is 0.185 e. The molecule has 0 amide bonds. The maximum absolute atomic E-state index is 13.6. The van der Waals surface area contributed by atoms with Crippen molar-refractivity contribution in [2.24, 2.45) is 0 Å². The van der Waals surface area contributed by atoms with Crippen molar-refractivity contribution >= 4 is 15.5 Å². The van der Waals surface area contributed by atoms with Gasteiger partial charge in [0.15, 0.2) is 9.84 Å². The molecule has 0 spiro atoms. The lowest BCUT2D eigenvalue weighted by Gasteiger charge is -2.10. The summed E-state index contributed by atoms with van der Waals surface area (Å²) in [6, 6.07) is 7.31. The molecule has 0 radical (unpaired) electrons. The van der Waals surface area contributed by atoms with Crippen LogP contribution in [-0.2, 0) is 15.6 Å². The molecule has 0 fully saturated rings. The summed E-state index contributed by atoms with van der Waals surface area (Å²) in [5.41, 5.74) is 7.31. The Morgan fingerprint density at radius 1 is 1.15 bits per heavy atom. The molecule has 0 saturated carbocycles. The van der Waals surface area contributed by atoms with Crippen LogP contribution in [0.3, 0.4) is 0 Å². The minimum Gasteiger partial charge on any atom is -0.399 e. The minimum absolute atomic E-state index is 0.383. The maximum Gasteiger partial charge on any atom is 0.185 e. The van der Waals surface area contributed by atoms with E-state index in [2.05, 4.69) is 0 Å². The van der Waals surface area contributed by atoms with Gasteiger partial charge >= 0.3 is 0 Å². The van der Waals surface area contributed by atoms with E-state index >= 15 is 0 Å². The van der Waals surface area contributed by atoms with Crippen LogP contribution in [0, 0.1) is 18.6 Å². The third-order valence-corrected chi connectivity index (χ3v) is 4.75. The highest BCUT2D eigenvalue weighted by Crippen LogP contribution is 2.24. The first kappa shape index (κ1) is 14.5. The maximum atomic E-state index is 13.6. The molecule has 0 unspecified atom stereocenters. The van der Waals surface area contributed by atoms with Crippen molar-refractivity contribution in [1.82, 2.24) is 0 Å². The predicted molar refractivity (Wildman–Crippen MR) is 72.8 cm³/mol. The molecule has 0 aliphatic rings. The minimum atomic E-state index is -3.90. The quantitative estimate of drug-likeness (QED) is 0.700. The van der Waals surface area contributed by atoms with E-state index in [4.69, 9.17) is 5.73 Å². The molecule has 0 bridgehead atoms. The van der Waals surface area contributed by atoms with Crippen LogP contribution in [-0.4, -0.2) is 8.42 Å². The van der Waals surface area contributed by atoms with Gasteiger partial charge in [-0.05, 0) is 36.2 Å². The van der Waals surface area contributed by atoms with Crippen molar-refractivity contribution in [3.8, 4) is 0 Å². The molecule has 0 aliphatic heterocycles. The van der Waals surface area contributed by atoms with Crippen LogP contribution >= 0.6 is 0 Å². The number of nitrogen functional groups attached to an aromatic ring is 1. The molecule has 2 N–H and O–H groups in total. The number of hydrogen-bond acceptors (Lipinski definition) is 3. The molecular formula is C14H13F2NO2S. The summed E-state index contributed by atoms with van der Waals surface area (Å²) >= 11 is 0.